The largest absolute Gasteiger partial charge is 0.417 e. The fourth-order valence-electron chi connectivity index (χ4n) is 6.16. The number of ether oxygens (including phenoxy) is 2. The van der Waals surface area contributed by atoms with Gasteiger partial charge in [-0.15, -0.1) is 0 Å². The quantitative estimate of drug-likeness (QED) is 0.0986. The van der Waals surface area contributed by atoms with E-state index in [1.807, 2.05) is 98.8 Å². The third-order valence-electron chi connectivity index (χ3n) is 9.05. The van der Waals surface area contributed by atoms with Crippen LogP contribution in [0, 0.1) is 11.8 Å². The van der Waals surface area contributed by atoms with E-state index in [1.54, 1.807) is 0 Å². The number of carbonyl (C=O) groups excluding carboxylic acids is 4. The maximum Gasteiger partial charge on any atom is 0.417 e. The molecule has 260 valence electrons. The lowest BCUT2D eigenvalue weighted by Gasteiger charge is -2.33. The standard InChI is InChI=1S/C42H46N2O6/c1-3-25-43(29-35-19-15-33(16-20-35)27-31-11-7-5-8-12-31)41(47)49-39(45)37-23-24-38(37)40(46)50-42(48)44(26-4-2)30-36-21-17-34(18-22-36)28-32-13-9-6-10-14-32/h5-22,37-38H,3-4,23-30H2,1-2H3. The Kier molecular flexibility index (Phi) is 12.9. The first-order valence-corrected chi connectivity index (χ1v) is 17.6. The molecule has 0 spiro atoms. The van der Waals surface area contributed by atoms with Crippen molar-refractivity contribution in [2.75, 3.05) is 13.1 Å². The van der Waals surface area contributed by atoms with Crippen LogP contribution in [0.3, 0.4) is 0 Å². The number of hydrogen-bond donors (Lipinski definition) is 0. The van der Waals surface area contributed by atoms with Gasteiger partial charge in [0, 0.05) is 26.2 Å². The molecule has 1 aliphatic rings. The number of hydrogen-bond acceptors (Lipinski definition) is 6. The highest BCUT2D eigenvalue weighted by molar-refractivity contribution is 5.93. The minimum atomic E-state index is -0.836. The van der Waals surface area contributed by atoms with Crippen LogP contribution in [0.25, 0.3) is 0 Å². The van der Waals surface area contributed by atoms with Gasteiger partial charge in [-0.3, -0.25) is 9.59 Å². The molecule has 4 aromatic carbocycles. The van der Waals surface area contributed by atoms with E-state index in [2.05, 4.69) is 24.3 Å². The summed E-state index contributed by atoms with van der Waals surface area (Å²) < 4.78 is 10.6. The van der Waals surface area contributed by atoms with E-state index in [0.29, 0.717) is 51.9 Å². The summed E-state index contributed by atoms with van der Waals surface area (Å²) in [6.45, 7) is 5.29. The molecule has 2 atom stereocenters. The van der Waals surface area contributed by atoms with E-state index in [4.69, 9.17) is 9.47 Å². The molecule has 0 saturated heterocycles. The summed E-state index contributed by atoms with van der Waals surface area (Å²) in [6, 6.07) is 36.5. The summed E-state index contributed by atoms with van der Waals surface area (Å²) in [5.41, 5.74) is 6.60. The third-order valence-corrected chi connectivity index (χ3v) is 9.05. The Morgan fingerprint density at radius 1 is 0.500 bits per heavy atom. The van der Waals surface area contributed by atoms with E-state index in [9.17, 15) is 19.2 Å². The molecular weight excluding hydrogens is 628 g/mol. The summed E-state index contributed by atoms with van der Waals surface area (Å²) in [5.74, 6) is -3.21. The predicted molar refractivity (Wildman–Crippen MR) is 192 cm³/mol. The van der Waals surface area contributed by atoms with Gasteiger partial charge in [-0.25, -0.2) is 9.59 Å². The lowest BCUT2D eigenvalue weighted by atomic mass is 9.74. The van der Waals surface area contributed by atoms with Crippen LogP contribution < -0.4 is 0 Å². The molecule has 8 nitrogen and oxygen atoms in total. The van der Waals surface area contributed by atoms with Gasteiger partial charge >= 0.3 is 24.1 Å². The summed E-state index contributed by atoms with van der Waals surface area (Å²) >= 11 is 0. The van der Waals surface area contributed by atoms with Crippen LogP contribution in [0.15, 0.2) is 109 Å². The molecule has 5 rings (SSSR count). The maximum absolute atomic E-state index is 13.1. The second-order valence-corrected chi connectivity index (χ2v) is 13.0. The number of rotatable bonds is 14. The maximum atomic E-state index is 13.1. The van der Waals surface area contributed by atoms with Crippen LogP contribution in [-0.2, 0) is 45.0 Å². The first kappa shape index (κ1) is 36.1. The van der Waals surface area contributed by atoms with Crippen molar-refractivity contribution in [2.24, 2.45) is 11.8 Å². The van der Waals surface area contributed by atoms with Crippen LogP contribution in [0.5, 0.6) is 0 Å². The van der Waals surface area contributed by atoms with E-state index >= 15 is 0 Å². The van der Waals surface area contributed by atoms with Gasteiger partial charge in [-0.2, -0.15) is 0 Å². The molecule has 0 bridgehead atoms. The minimum Gasteiger partial charge on any atom is -0.376 e. The van der Waals surface area contributed by atoms with E-state index in [0.717, 1.165) is 35.1 Å². The Morgan fingerprint density at radius 2 is 0.820 bits per heavy atom. The smallest absolute Gasteiger partial charge is 0.376 e. The fourth-order valence-corrected chi connectivity index (χ4v) is 6.16. The first-order chi connectivity index (χ1) is 24.3. The number of carbonyl (C=O) groups is 4. The van der Waals surface area contributed by atoms with Gasteiger partial charge in [-0.05, 0) is 71.9 Å². The van der Waals surface area contributed by atoms with Crippen molar-refractivity contribution in [3.63, 3.8) is 0 Å². The van der Waals surface area contributed by atoms with Crippen LogP contribution >= 0.6 is 0 Å². The predicted octanol–water partition coefficient (Wildman–Crippen LogP) is 8.35. The molecule has 0 N–H and O–H groups in total. The second kappa shape index (κ2) is 18.0. The Hall–Kier alpha value is -5.24. The normalized spacial score (nSPS) is 15.0. The van der Waals surface area contributed by atoms with Crippen molar-refractivity contribution in [3.8, 4) is 0 Å². The van der Waals surface area contributed by atoms with Gasteiger partial charge in [0.1, 0.15) is 0 Å². The van der Waals surface area contributed by atoms with Gasteiger partial charge in [0.2, 0.25) is 0 Å². The van der Waals surface area contributed by atoms with Crippen molar-refractivity contribution in [3.05, 3.63) is 143 Å². The molecule has 1 fully saturated rings. The average molecular weight is 675 g/mol. The number of amides is 2. The Balaban J connectivity index is 1.11. The zero-order valence-electron chi connectivity index (χ0n) is 29.0. The molecule has 1 aliphatic carbocycles. The second-order valence-electron chi connectivity index (χ2n) is 13.0. The monoisotopic (exact) mass is 674 g/mol. The number of esters is 2. The molecule has 0 radical (unpaired) electrons. The van der Waals surface area contributed by atoms with Crippen molar-refractivity contribution in [1.82, 2.24) is 9.80 Å². The topological polar surface area (TPSA) is 93.2 Å². The summed E-state index contributed by atoms with van der Waals surface area (Å²) in [4.78, 5) is 55.3. The molecule has 2 amide bonds. The van der Waals surface area contributed by atoms with Crippen molar-refractivity contribution >= 4 is 24.1 Å². The van der Waals surface area contributed by atoms with Crippen LogP contribution in [0.1, 0.15) is 72.9 Å². The van der Waals surface area contributed by atoms with Crippen molar-refractivity contribution < 1.29 is 28.7 Å². The molecule has 0 aromatic heterocycles. The molecule has 2 unspecified atom stereocenters. The Bertz CT molecular complexity index is 1580. The lowest BCUT2D eigenvalue weighted by molar-refractivity contribution is -0.161. The summed E-state index contributed by atoms with van der Waals surface area (Å²) in [5, 5.41) is 0. The molecule has 50 heavy (non-hydrogen) atoms. The SMILES string of the molecule is CCCN(Cc1ccc(Cc2ccccc2)cc1)C(=O)OC(=O)C1CCC1C(=O)OC(=O)N(CCC)Cc1ccc(Cc2ccccc2)cc1. The molecule has 0 heterocycles. The van der Waals surface area contributed by atoms with E-state index < -0.39 is 36.0 Å². The molecule has 1 saturated carbocycles. The highest BCUT2D eigenvalue weighted by Crippen LogP contribution is 2.36. The summed E-state index contributed by atoms with van der Waals surface area (Å²) in [7, 11) is 0. The Morgan fingerprint density at radius 3 is 1.14 bits per heavy atom. The number of benzene rings is 4. The van der Waals surface area contributed by atoms with Crippen LogP contribution in [0.2, 0.25) is 0 Å². The van der Waals surface area contributed by atoms with Gasteiger partial charge in [-0.1, -0.05) is 123 Å². The first-order valence-electron chi connectivity index (χ1n) is 17.6. The highest BCUT2D eigenvalue weighted by Gasteiger charge is 2.45. The highest BCUT2D eigenvalue weighted by atomic mass is 16.6. The lowest BCUT2D eigenvalue weighted by Crippen LogP contribution is -2.44. The van der Waals surface area contributed by atoms with E-state index in [1.165, 1.54) is 20.9 Å². The molecule has 8 heteroatoms. The van der Waals surface area contributed by atoms with Gasteiger partial charge in [0.25, 0.3) is 0 Å². The van der Waals surface area contributed by atoms with Gasteiger partial charge < -0.3 is 19.3 Å². The Labute approximate surface area is 295 Å². The van der Waals surface area contributed by atoms with Crippen LogP contribution in [-0.4, -0.2) is 47.0 Å². The van der Waals surface area contributed by atoms with Gasteiger partial charge in [0.05, 0.1) is 11.8 Å². The molecule has 0 aliphatic heterocycles. The average Bonchev–Trinajstić information content (AvgIpc) is 3.10. The molecule has 4 aromatic rings. The third kappa shape index (κ3) is 10.1. The van der Waals surface area contributed by atoms with E-state index in [-0.39, 0.29) is 0 Å². The van der Waals surface area contributed by atoms with Crippen molar-refractivity contribution in [1.29, 1.82) is 0 Å². The zero-order valence-corrected chi connectivity index (χ0v) is 29.0. The zero-order chi connectivity index (χ0) is 35.3. The van der Waals surface area contributed by atoms with Gasteiger partial charge in [0.15, 0.2) is 0 Å². The number of nitrogens with zero attached hydrogens (tertiary/aromatic N) is 2. The fraction of sp³-hybridized carbons (Fsp3) is 0.333. The van der Waals surface area contributed by atoms with Crippen LogP contribution in [0.4, 0.5) is 9.59 Å². The summed E-state index contributed by atoms with van der Waals surface area (Å²) in [6.07, 6.45) is 2.26. The molecular formula is C42H46N2O6. The van der Waals surface area contributed by atoms with Crippen molar-refractivity contribution in [2.45, 2.75) is 65.5 Å². The minimum absolute atomic E-state index is 0.291.